The molecule has 232 valence electrons. The highest BCUT2D eigenvalue weighted by Crippen LogP contribution is 2.24. The summed E-state index contributed by atoms with van der Waals surface area (Å²) in [7, 11) is -4.38. The number of nitrogens with zero attached hydrogens (tertiary/aromatic N) is 2. The summed E-state index contributed by atoms with van der Waals surface area (Å²) in [6, 6.07) is 2.15. The van der Waals surface area contributed by atoms with E-state index in [2.05, 4.69) is 92.2 Å². The third-order valence-electron chi connectivity index (χ3n) is 6.31. The Bertz CT molecular complexity index is 461. The highest BCUT2D eigenvalue weighted by atomic mass is 28.4. The van der Waals surface area contributed by atoms with Crippen LogP contribution in [-0.2, 0) is 17.7 Å². The summed E-state index contributed by atoms with van der Waals surface area (Å²) in [5.74, 6) is 1.28. The van der Waals surface area contributed by atoms with Gasteiger partial charge in [0.15, 0.2) is 0 Å². The monoisotopic (exact) mass is 578 g/mol. The van der Waals surface area contributed by atoms with Crippen molar-refractivity contribution in [1.29, 1.82) is 0 Å². The van der Waals surface area contributed by atoms with E-state index in [-0.39, 0.29) is 0 Å². The average Bonchev–Trinajstić information content (AvgIpc) is 2.84. The van der Waals surface area contributed by atoms with Crippen LogP contribution in [0.2, 0.25) is 12.1 Å². The Morgan fingerprint density at radius 1 is 0.474 bits per heavy atom. The molecule has 8 heteroatoms. The topological polar surface area (TPSA) is 43.4 Å². The fraction of sp³-hybridized carbons (Fsp3) is 1.00. The van der Waals surface area contributed by atoms with Gasteiger partial charge in [-0.25, -0.2) is 0 Å². The quantitative estimate of drug-likeness (QED) is 0.107. The maximum absolute atomic E-state index is 6.22. The van der Waals surface area contributed by atoms with Crippen LogP contribution in [0.5, 0.6) is 0 Å². The molecule has 0 spiro atoms. The Hall–Kier alpha value is 0.194. The van der Waals surface area contributed by atoms with Crippen molar-refractivity contribution in [3.05, 3.63) is 0 Å². The largest absolute Gasteiger partial charge is 0.427 e. The summed E-state index contributed by atoms with van der Waals surface area (Å²) in [6.07, 6.45) is 7.21. The molecule has 0 amide bonds. The molecule has 0 bridgehead atoms. The molecule has 0 N–H and O–H groups in total. The summed E-state index contributed by atoms with van der Waals surface area (Å²) < 4.78 is 30.0. The van der Waals surface area contributed by atoms with Crippen molar-refractivity contribution in [1.82, 2.24) is 9.13 Å². The van der Waals surface area contributed by atoms with Gasteiger partial charge in [-0.05, 0) is 78.6 Å². The minimum absolute atomic E-state index is 0.642. The lowest BCUT2D eigenvalue weighted by atomic mass is 10.2. The SMILES string of the molecule is CCCCN(CCCC)[Si](CCC)(OCC)OCC.CCC[Si](OCC)(OCC)N(CC(C)C)CC(C)C. The van der Waals surface area contributed by atoms with Gasteiger partial charge in [0.2, 0.25) is 0 Å². The fourth-order valence-corrected chi connectivity index (χ4v) is 12.4. The molecular weight excluding hydrogens is 509 g/mol. The van der Waals surface area contributed by atoms with Crippen molar-refractivity contribution in [2.24, 2.45) is 11.8 Å². The van der Waals surface area contributed by atoms with Gasteiger partial charge in [-0.3, -0.25) is 9.13 Å². The molecule has 0 saturated heterocycles. The van der Waals surface area contributed by atoms with Crippen LogP contribution >= 0.6 is 0 Å². The zero-order chi connectivity index (χ0) is 29.5. The van der Waals surface area contributed by atoms with Gasteiger partial charge >= 0.3 is 17.4 Å². The molecule has 0 aliphatic rings. The Kier molecular flexibility index (Phi) is 26.5. The third kappa shape index (κ3) is 16.5. The van der Waals surface area contributed by atoms with Gasteiger partial charge in [-0.15, -0.1) is 0 Å². The number of hydrogen-bond acceptors (Lipinski definition) is 6. The molecular formula is C30H70N2O4Si2. The first kappa shape index (κ1) is 40.3. The second-order valence-electron chi connectivity index (χ2n) is 11.0. The van der Waals surface area contributed by atoms with E-state index < -0.39 is 17.4 Å². The van der Waals surface area contributed by atoms with Crippen molar-refractivity contribution in [2.75, 3.05) is 52.6 Å². The van der Waals surface area contributed by atoms with Gasteiger partial charge in [0.25, 0.3) is 0 Å². The molecule has 0 atom stereocenters. The van der Waals surface area contributed by atoms with Crippen molar-refractivity contribution in [3.8, 4) is 0 Å². The Labute approximate surface area is 242 Å². The molecule has 0 rings (SSSR count). The van der Waals surface area contributed by atoms with E-state index in [9.17, 15) is 0 Å². The normalized spacial score (nSPS) is 12.6. The summed E-state index contributed by atoms with van der Waals surface area (Å²) in [4.78, 5) is 0. The maximum atomic E-state index is 6.22. The number of hydrogen-bond donors (Lipinski definition) is 0. The minimum Gasteiger partial charge on any atom is -0.383 e. The minimum atomic E-state index is -2.22. The predicted octanol–water partition coefficient (Wildman–Crippen LogP) is 8.33. The van der Waals surface area contributed by atoms with Crippen LogP contribution in [0.15, 0.2) is 0 Å². The molecule has 0 saturated carbocycles. The van der Waals surface area contributed by atoms with Crippen LogP contribution in [-0.4, -0.2) is 79.2 Å². The van der Waals surface area contributed by atoms with Crippen LogP contribution in [0.4, 0.5) is 0 Å². The highest BCUT2D eigenvalue weighted by Gasteiger charge is 2.44. The molecule has 0 aromatic carbocycles. The van der Waals surface area contributed by atoms with E-state index >= 15 is 0 Å². The third-order valence-corrected chi connectivity index (χ3v) is 14.3. The molecule has 0 aromatic rings. The van der Waals surface area contributed by atoms with Crippen molar-refractivity contribution in [3.63, 3.8) is 0 Å². The lowest BCUT2D eigenvalue weighted by molar-refractivity contribution is 0.108. The molecule has 0 heterocycles. The molecule has 0 aliphatic heterocycles. The van der Waals surface area contributed by atoms with Crippen LogP contribution < -0.4 is 0 Å². The Morgan fingerprint density at radius 3 is 1.03 bits per heavy atom. The van der Waals surface area contributed by atoms with Crippen LogP contribution in [0.3, 0.4) is 0 Å². The van der Waals surface area contributed by atoms with Crippen molar-refractivity contribution < 1.29 is 17.7 Å². The number of unbranched alkanes of at least 4 members (excludes halogenated alkanes) is 2. The molecule has 0 fully saturated rings. The lowest BCUT2D eigenvalue weighted by Crippen LogP contribution is -2.60. The summed E-state index contributed by atoms with van der Waals surface area (Å²) in [6.45, 7) is 33.8. The summed E-state index contributed by atoms with van der Waals surface area (Å²) >= 11 is 0. The van der Waals surface area contributed by atoms with Crippen LogP contribution in [0.25, 0.3) is 0 Å². The summed E-state index contributed by atoms with van der Waals surface area (Å²) in [5.41, 5.74) is 0. The van der Waals surface area contributed by atoms with Gasteiger partial charge in [0, 0.05) is 38.5 Å². The van der Waals surface area contributed by atoms with Gasteiger partial charge in [0.05, 0.1) is 0 Å². The molecule has 0 aliphatic carbocycles. The van der Waals surface area contributed by atoms with Gasteiger partial charge < -0.3 is 17.7 Å². The lowest BCUT2D eigenvalue weighted by Gasteiger charge is -2.41. The molecule has 0 aromatic heterocycles. The predicted molar refractivity (Wildman–Crippen MR) is 171 cm³/mol. The van der Waals surface area contributed by atoms with Gasteiger partial charge in [0.1, 0.15) is 0 Å². The average molecular weight is 579 g/mol. The van der Waals surface area contributed by atoms with Crippen molar-refractivity contribution >= 4 is 17.4 Å². The molecule has 6 nitrogen and oxygen atoms in total. The highest BCUT2D eigenvalue weighted by molar-refractivity contribution is 6.65. The molecule has 0 radical (unpaired) electrons. The van der Waals surface area contributed by atoms with E-state index in [1.54, 1.807) is 0 Å². The standard InChI is InChI=1S/2C15H35NO2Si/c1-8-11-19(17-9-2,18-10-3)16(12-14(4)5)13-15(6)7;1-6-11-13-16(14-12-7-2)19(15-8-3,17-9-4)18-10-5/h14-15H,8-13H2,1-7H3;6-15H2,1-5H3. The van der Waals surface area contributed by atoms with E-state index in [1.165, 1.54) is 25.7 Å². The zero-order valence-electron chi connectivity index (χ0n) is 28.0. The summed E-state index contributed by atoms with van der Waals surface area (Å²) in [5, 5.41) is 0. The maximum Gasteiger partial charge on any atom is 0.427 e. The first-order valence-electron chi connectivity index (χ1n) is 16.2. The van der Waals surface area contributed by atoms with E-state index in [4.69, 9.17) is 17.7 Å². The number of rotatable bonds is 24. The smallest absolute Gasteiger partial charge is 0.383 e. The van der Waals surface area contributed by atoms with Gasteiger partial charge in [-0.2, -0.15) is 0 Å². The van der Waals surface area contributed by atoms with E-state index in [0.29, 0.717) is 11.8 Å². The van der Waals surface area contributed by atoms with Gasteiger partial charge in [-0.1, -0.05) is 81.1 Å². The Balaban J connectivity index is 0. The first-order valence-corrected chi connectivity index (χ1v) is 20.1. The van der Waals surface area contributed by atoms with Crippen LogP contribution in [0.1, 0.15) is 122 Å². The second-order valence-corrected chi connectivity index (χ2v) is 17.3. The van der Waals surface area contributed by atoms with Crippen molar-refractivity contribution in [2.45, 2.75) is 134 Å². The first-order chi connectivity index (χ1) is 18.1. The van der Waals surface area contributed by atoms with Crippen LogP contribution in [0, 0.1) is 11.8 Å². The second kappa shape index (κ2) is 24.9. The molecule has 0 unspecified atom stereocenters. The zero-order valence-corrected chi connectivity index (χ0v) is 30.0. The molecule has 38 heavy (non-hydrogen) atoms. The Morgan fingerprint density at radius 2 is 0.789 bits per heavy atom. The van der Waals surface area contributed by atoms with E-state index in [0.717, 1.165) is 77.5 Å². The van der Waals surface area contributed by atoms with E-state index in [1.807, 2.05) is 0 Å². The fourth-order valence-electron chi connectivity index (χ4n) is 4.97.